The fourth-order valence-corrected chi connectivity index (χ4v) is 3.50. The molecule has 2 heterocycles. The third-order valence-electron chi connectivity index (χ3n) is 4.77. The van der Waals surface area contributed by atoms with Gasteiger partial charge in [-0.3, -0.25) is 0 Å². The van der Waals surface area contributed by atoms with Crippen LogP contribution in [0.25, 0.3) is 10.9 Å². The van der Waals surface area contributed by atoms with Crippen molar-refractivity contribution < 1.29 is 13.5 Å². The summed E-state index contributed by atoms with van der Waals surface area (Å²) in [4.78, 5) is 7.26. The van der Waals surface area contributed by atoms with E-state index < -0.39 is 17.8 Å². The molecule has 2 aromatic rings. The number of hydrogen-bond acceptors (Lipinski definition) is 4. The smallest absolute Gasteiger partial charge is 0.150 e. The Kier molecular flexibility index (Phi) is 4.31. The molecule has 7 heteroatoms. The van der Waals surface area contributed by atoms with Gasteiger partial charge in [0.25, 0.3) is 0 Å². The Hall–Kier alpha value is -2.93. The summed E-state index contributed by atoms with van der Waals surface area (Å²) in [5, 5.41) is 3.67. The van der Waals surface area contributed by atoms with Crippen molar-refractivity contribution in [2.45, 2.75) is 19.5 Å². The average molecular weight is 370 g/mol. The molecular formula is C20H20F2N4O. The van der Waals surface area contributed by atoms with E-state index in [4.69, 9.17) is 10.5 Å². The van der Waals surface area contributed by atoms with Crippen molar-refractivity contribution >= 4 is 16.7 Å². The summed E-state index contributed by atoms with van der Waals surface area (Å²) in [5.41, 5.74) is 8.69. The lowest BCUT2D eigenvalue weighted by atomic mass is 9.91. The number of nitrogens with zero attached hydrogens (tertiary/aromatic N) is 1. The maximum absolute atomic E-state index is 14.0. The first-order valence-corrected chi connectivity index (χ1v) is 8.70. The summed E-state index contributed by atoms with van der Waals surface area (Å²) >= 11 is 0. The quantitative estimate of drug-likeness (QED) is 0.775. The molecule has 1 aromatic carbocycles. The topological polar surface area (TPSA) is 75.4 Å². The second-order valence-corrected chi connectivity index (χ2v) is 6.77. The third-order valence-corrected chi connectivity index (χ3v) is 4.77. The van der Waals surface area contributed by atoms with Crippen LogP contribution in [0, 0.1) is 17.6 Å². The van der Waals surface area contributed by atoms with E-state index in [1.807, 2.05) is 12.2 Å². The lowest BCUT2D eigenvalue weighted by Gasteiger charge is -2.26. The largest absolute Gasteiger partial charge is 0.496 e. The normalized spacial score (nSPS) is 22.6. The van der Waals surface area contributed by atoms with Crippen LogP contribution >= 0.6 is 0 Å². The van der Waals surface area contributed by atoms with Gasteiger partial charge in [-0.2, -0.15) is 0 Å². The second kappa shape index (κ2) is 6.66. The van der Waals surface area contributed by atoms with Crippen LogP contribution in [-0.2, 0) is 4.74 Å². The number of hydrogen-bond donors (Lipinski definition) is 3. The number of rotatable bonds is 3. The summed E-state index contributed by atoms with van der Waals surface area (Å²) < 4.78 is 33.2. The Morgan fingerprint density at radius 3 is 2.89 bits per heavy atom. The predicted octanol–water partition coefficient (Wildman–Crippen LogP) is 3.46. The zero-order valence-electron chi connectivity index (χ0n) is 15.0. The maximum atomic E-state index is 14.0. The molecular weight excluding hydrogens is 350 g/mol. The molecule has 0 bridgehead atoms. The minimum atomic E-state index is -0.650. The van der Waals surface area contributed by atoms with Gasteiger partial charge in [-0.15, -0.1) is 0 Å². The number of benzene rings is 1. The van der Waals surface area contributed by atoms with E-state index in [1.54, 1.807) is 13.3 Å². The molecule has 0 saturated carbocycles. The number of H-pyrrole nitrogens is 1. The summed E-state index contributed by atoms with van der Waals surface area (Å²) in [6, 6.07) is 2.13. The standard InChI is InChI=1S/C20H20F2N4O/c1-10-3-4-17(27-2)13(5-10)16-8-18(23)26-20(25-16)14-9-24-19-12(14)6-11(21)7-15(19)22/h3-4,6-10,18,24H,5,23H2,1-2H3,(H,25,26). The zero-order chi connectivity index (χ0) is 19.1. The highest BCUT2D eigenvalue weighted by Gasteiger charge is 2.24. The van der Waals surface area contributed by atoms with Crippen molar-refractivity contribution in [1.82, 2.24) is 10.3 Å². The number of allylic oxidation sites excluding steroid dienone is 3. The summed E-state index contributed by atoms with van der Waals surface area (Å²) in [6.07, 6.45) is 7.66. The van der Waals surface area contributed by atoms with Crippen molar-refractivity contribution in [2.75, 3.05) is 7.11 Å². The van der Waals surface area contributed by atoms with E-state index >= 15 is 0 Å². The van der Waals surface area contributed by atoms with Gasteiger partial charge in [-0.1, -0.05) is 13.0 Å². The molecule has 0 saturated heterocycles. The molecule has 0 fully saturated rings. The van der Waals surface area contributed by atoms with E-state index in [9.17, 15) is 8.78 Å². The molecule has 27 heavy (non-hydrogen) atoms. The Morgan fingerprint density at radius 2 is 2.11 bits per heavy atom. The van der Waals surface area contributed by atoms with Crippen LogP contribution in [0.4, 0.5) is 8.78 Å². The van der Waals surface area contributed by atoms with Crippen LogP contribution in [0.3, 0.4) is 0 Å². The number of aromatic nitrogens is 1. The molecule has 1 aliphatic carbocycles. The number of nitrogens with one attached hydrogen (secondary N) is 2. The molecule has 2 unspecified atom stereocenters. The highest BCUT2D eigenvalue weighted by Crippen LogP contribution is 2.30. The Bertz CT molecular complexity index is 1030. The number of aromatic amines is 1. The number of amidine groups is 1. The molecule has 0 spiro atoms. The van der Waals surface area contributed by atoms with Crippen molar-refractivity contribution in [3.63, 3.8) is 0 Å². The van der Waals surface area contributed by atoms with Gasteiger partial charge in [-0.05, 0) is 30.6 Å². The van der Waals surface area contributed by atoms with E-state index in [0.717, 1.165) is 29.5 Å². The lowest BCUT2D eigenvalue weighted by Crippen LogP contribution is -2.35. The molecule has 2 atom stereocenters. The van der Waals surface area contributed by atoms with Gasteiger partial charge in [0.05, 0.1) is 12.6 Å². The minimum Gasteiger partial charge on any atom is -0.496 e. The number of fused-ring (bicyclic) bond motifs is 1. The maximum Gasteiger partial charge on any atom is 0.150 e. The van der Waals surface area contributed by atoms with Gasteiger partial charge < -0.3 is 20.8 Å². The fourth-order valence-electron chi connectivity index (χ4n) is 3.50. The molecule has 2 aliphatic rings. The van der Waals surface area contributed by atoms with Gasteiger partial charge in [0, 0.05) is 34.5 Å². The number of aliphatic imine (C=N–C) groups is 1. The van der Waals surface area contributed by atoms with Crippen molar-refractivity contribution in [2.24, 2.45) is 16.6 Å². The van der Waals surface area contributed by atoms with E-state index in [2.05, 4.69) is 28.3 Å². The summed E-state index contributed by atoms with van der Waals surface area (Å²) in [7, 11) is 1.62. The minimum absolute atomic E-state index is 0.228. The first-order valence-electron chi connectivity index (χ1n) is 8.70. The molecule has 4 N–H and O–H groups in total. The second-order valence-electron chi connectivity index (χ2n) is 6.77. The van der Waals surface area contributed by atoms with Crippen LogP contribution in [0.15, 0.2) is 58.6 Å². The predicted molar refractivity (Wildman–Crippen MR) is 101 cm³/mol. The SMILES string of the molecule is COC1=C(C2=CC(N)N=C(c3c[nH]c4c(F)cc(F)cc34)N2)CC(C)C=C1. The average Bonchev–Trinajstić information content (AvgIpc) is 3.05. The van der Waals surface area contributed by atoms with Gasteiger partial charge in [0.1, 0.15) is 29.4 Å². The van der Waals surface area contributed by atoms with E-state index in [0.29, 0.717) is 22.7 Å². The number of nitrogens with two attached hydrogens (primary N) is 1. The van der Waals surface area contributed by atoms with E-state index in [1.165, 1.54) is 6.07 Å². The van der Waals surface area contributed by atoms with Crippen LogP contribution < -0.4 is 11.1 Å². The zero-order valence-corrected chi connectivity index (χ0v) is 15.0. The third kappa shape index (κ3) is 3.14. The van der Waals surface area contributed by atoms with Gasteiger partial charge in [0.15, 0.2) is 0 Å². The molecule has 4 rings (SSSR count). The lowest BCUT2D eigenvalue weighted by molar-refractivity contribution is 0.297. The molecule has 1 aliphatic heterocycles. The van der Waals surface area contributed by atoms with Crippen LogP contribution in [0.1, 0.15) is 18.9 Å². The molecule has 0 amide bonds. The van der Waals surface area contributed by atoms with Gasteiger partial charge in [0.2, 0.25) is 0 Å². The molecule has 0 radical (unpaired) electrons. The Labute approximate surface area is 155 Å². The van der Waals surface area contributed by atoms with Gasteiger partial charge in [-0.25, -0.2) is 13.8 Å². The van der Waals surface area contributed by atoms with Crippen LogP contribution in [0.5, 0.6) is 0 Å². The summed E-state index contributed by atoms with van der Waals surface area (Å²) in [6.45, 7) is 2.12. The first-order chi connectivity index (χ1) is 13.0. The van der Waals surface area contributed by atoms with Crippen molar-refractivity contribution in [1.29, 1.82) is 0 Å². The van der Waals surface area contributed by atoms with Crippen LogP contribution in [0.2, 0.25) is 0 Å². The Morgan fingerprint density at radius 1 is 1.30 bits per heavy atom. The number of halogens is 2. The molecule has 5 nitrogen and oxygen atoms in total. The first kappa shape index (κ1) is 17.5. The Balaban J connectivity index is 1.75. The monoisotopic (exact) mass is 370 g/mol. The number of methoxy groups -OCH3 is 1. The van der Waals surface area contributed by atoms with Crippen molar-refractivity contribution in [3.05, 3.63) is 70.8 Å². The van der Waals surface area contributed by atoms with Crippen molar-refractivity contribution in [3.8, 4) is 0 Å². The number of ether oxygens (including phenoxy) is 1. The highest BCUT2D eigenvalue weighted by atomic mass is 19.1. The summed E-state index contributed by atoms with van der Waals surface area (Å²) in [5.74, 6) is 0.283. The van der Waals surface area contributed by atoms with Crippen LogP contribution in [-0.4, -0.2) is 24.1 Å². The molecule has 140 valence electrons. The van der Waals surface area contributed by atoms with E-state index in [-0.39, 0.29) is 5.52 Å². The highest BCUT2D eigenvalue weighted by molar-refractivity contribution is 6.10. The fraction of sp³-hybridized carbons (Fsp3) is 0.250. The van der Waals surface area contributed by atoms with Gasteiger partial charge >= 0.3 is 0 Å². The molecule has 1 aromatic heterocycles.